The van der Waals surface area contributed by atoms with Crippen molar-refractivity contribution in [3.05, 3.63) is 24.4 Å². The summed E-state index contributed by atoms with van der Waals surface area (Å²) < 4.78 is 1.97. The number of nitrogens with two attached hydrogens (primary N) is 1. The van der Waals surface area contributed by atoms with Gasteiger partial charge in [-0.3, -0.25) is 4.40 Å². The molecule has 0 spiro atoms. The summed E-state index contributed by atoms with van der Waals surface area (Å²) in [6, 6.07) is 5.82. The number of nitrogens with zero attached hydrogens (tertiary/aromatic N) is 4. The van der Waals surface area contributed by atoms with Crippen LogP contribution in [0, 0.1) is 0 Å². The van der Waals surface area contributed by atoms with Crippen LogP contribution in [0.3, 0.4) is 0 Å². The first-order valence-corrected chi connectivity index (χ1v) is 6.69. The van der Waals surface area contributed by atoms with Crippen molar-refractivity contribution in [3.8, 4) is 0 Å². The first kappa shape index (κ1) is 12.7. The van der Waals surface area contributed by atoms with Crippen molar-refractivity contribution in [1.29, 1.82) is 0 Å². The van der Waals surface area contributed by atoms with Gasteiger partial charge in [0, 0.05) is 18.4 Å². The molecule has 2 heterocycles. The van der Waals surface area contributed by atoms with Gasteiger partial charge in [-0.25, -0.2) is 0 Å². The lowest BCUT2D eigenvalue weighted by Crippen LogP contribution is -2.10. The van der Waals surface area contributed by atoms with Crippen LogP contribution in [0.4, 0.5) is 0 Å². The van der Waals surface area contributed by atoms with Crippen LogP contribution in [-0.2, 0) is 0 Å². The number of oxime groups is 1. The summed E-state index contributed by atoms with van der Waals surface area (Å²) in [6.45, 7) is 0. The van der Waals surface area contributed by atoms with Crippen molar-refractivity contribution < 1.29 is 5.21 Å². The van der Waals surface area contributed by atoms with Crippen LogP contribution in [0.25, 0.3) is 5.65 Å². The molecule has 96 valence electrons. The summed E-state index contributed by atoms with van der Waals surface area (Å²) in [5.41, 5.74) is 6.25. The molecule has 0 aliphatic carbocycles. The lowest BCUT2D eigenvalue weighted by molar-refractivity contribution is 0.316. The van der Waals surface area contributed by atoms with Gasteiger partial charge < -0.3 is 10.9 Å². The summed E-state index contributed by atoms with van der Waals surface area (Å²) in [7, 11) is 0. The molecule has 0 bridgehead atoms. The number of unbranched alkanes of at least 4 members (excludes halogenated alkanes) is 1. The van der Waals surface area contributed by atoms with E-state index in [1.54, 1.807) is 11.8 Å². The monoisotopic (exact) mass is 265 g/mol. The molecule has 0 saturated heterocycles. The molecule has 2 aromatic heterocycles. The second-order valence-electron chi connectivity index (χ2n) is 3.81. The van der Waals surface area contributed by atoms with Gasteiger partial charge in [-0.2, -0.15) is 0 Å². The SMILES string of the molecule is NC(CCCCSc1nnc2ccccn12)=NO. The zero-order chi connectivity index (χ0) is 12.8. The summed E-state index contributed by atoms with van der Waals surface area (Å²) >= 11 is 1.66. The van der Waals surface area contributed by atoms with Crippen molar-refractivity contribution in [2.75, 3.05) is 5.75 Å². The van der Waals surface area contributed by atoms with Gasteiger partial charge >= 0.3 is 0 Å². The number of fused-ring (bicyclic) bond motifs is 1. The molecule has 2 aromatic rings. The summed E-state index contributed by atoms with van der Waals surface area (Å²) in [5.74, 6) is 1.22. The van der Waals surface area contributed by atoms with Crippen LogP contribution in [0.2, 0.25) is 0 Å². The van der Waals surface area contributed by atoms with Gasteiger partial charge in [0.15, 0.2) is 10.8 Å². The Morgan fingerprint density at radius 2 is 2.28 bits per heavy atom. The fourth-order valence-corrected chi connectivity index (χ4v) is 2.46. The lowest BCUT2D eigenvalue weighted by Gasteiger charge is -2.00. The molecule has 0 saturated carbocycles. The highest BCUT2D eigenvalue weighted by Crippen LogP contribution is 2.18. The molecule has 0 aromatic carbocycles. The molecule has 0 atom stereocenters. The van der Waals surface area contributed by atoms with E-state index in [4.69, 9.17) is 10.9 Å². The van der Waals surface area contributed by atoms with Crippen LogP contribution in [0.15, 0.2) is 34.7 Å². The molecule has 0 aliphatic rings. The van der Waals surface area contributed by atoms with Crippen LogP contribution in [-0.4, -0.2) is 31.4 Å². The van der Waals surface area contributed by atoms with Crippen molar-refractivity contribution in [1.82, 2.24) is 14.6 Å². The Hall–Kier alpha value is -1.76. The maximum Gasteiger partial charge on any atom is 0.195 e. The molecule has 3 N–H and O–H groups in total. The van der Waals surface area contributed by atoms with Crippen LogP contribution < -0.4 is 5.73 Å². The number of aromatic nitrogens is 3. The fraction of sp³-hybridized carbons (Fsp3) is 0.364. The number of thioether (sulfide) groups is 1. The minimum absolute atomic E-state index is 0.285. The van der Waals surface area contributed by atoms with E-state index >= 15 is 0 Å². The Bertz CT molecular complexity index is 539. The third-order valence-electron chi connectivity index (χ3n) is 2.47. The van der Waals surface area contributed by atoms with Crippen molar-refractivity contribution in [3.63, 3.8) is 0 Å². The summed E-state index contributed by atoms with van der Waals surface area (Å²) in [6.07, 6.45) is 4.47. The molecule has 0 unspecified atom stereocenters. The Morgan fingerprint density at radius 3 is 3.11 bits per heavy atom. The summed E-state index contributed by atoms with van der Waals surface area (Å²) in [4.78, 5) is 0. The molecular weight excluding hydrogens is 250 g/mol. The minimum atomic E-state index is 0.285. The Morgan fingerprint density at radius 1 is 1.39 bits per heavy atom. The van der Waals surface area contributed by atoms with Gasteiger partial charge in [0.05, 0.1) is 0 Å². The minimum Gasteiger partial charge on any atom is -0.409 e. The second-order valence-corrected chi connectivity index (χ2v) is 4.87. The van der Waals surface area contributed by atoms with E-state index in [0.29, 0.717) is 6.42 Å². The molecule has 0 amide bonds. The van der Waals surface area contributed by atoms with E-state index < -0.39 is 0 Å². The first-order chi connectivity index (χ1) is 8.81. The molecule has 18 heavy (non-hydrogen) atoms. The normalized spacial score (nSPS) is 12.1. The maximum absolute atomic E-state index is 8.40. The summed E-state index contributed by atoms with van der Waals surface area (Å²) in [5, 5.41) is 20.4. The molecule has 0 fully saturated rings. The van der Waals surface area contributed by atoms with Crippen molar-refractivity contribution >= 4 is 23.2 Å². The van der Waals surface area contributed by atoms with E-state index in [0.717, 1.165) is 29.4 Å². The highest BCUT2D eigenvalue weighted by atomic mass is 32.2. The Labute approximate surface area is 109 Å². The first-order valence-electron chi connectivity index (χ1n) is 5.70. The average molecular weight is 265 g/mol. The fourth-order valence-electron chi connectivity index (χ4n) is 1.54. The third-order valence-corrected chi connectivity index (χ3v) is 3.50. The standard InChI is InChI=1S/C11H15N5OS/c12-9(15-17)5-2-4-8-18-11-14-13-10-6-1-3-7-16(10)11/h1,3,6-7,17H,2,4-5,8H2,(H2,12,15). The van der Waals surface area contributed by atoms with E-state index in [1.165, 1.54) is 0 Å². The quantitative estimate of drug-likeness (QED) is 0.207. The Kier molecular flexibility index (Phi) is 4.40. The van der Waals surface area contributed by atoms with Gasteiger partial charge in [-0.15, -0.1) is 10.2 Å². The van der Waals surface area contributed by atoms with Gasteiger partial charge in [0.1, 0.15) is 5.84 Å². The molecular formula is C11H15N5OS. The zero-order valence-corrected chi connectivity index (χ0v) is 10.7. The number of rotatable bonds is 6. The van der Waals surface area contributed by atoms with Gasteiger partial charge in [-0.1, -0.05) is 23.0 Å². The topological polar surface area (TPSA) is 88.8 Å². The predicted octanol–water partition coefficient (Wildman–Crippen LogP) is 1.74. The lowest BCUT2D eigenvalue weighted by atomic mass is 10.2. The smallest absolute Gasteiger partial charge is 0.195 e. The van der Waals surface area contributed by atoms with Crippen molar-refractivity contribution in [2.24, 2.45) is 10.9 Å². The molecule has 7 heteroatoms. The Balaban J connectivity index is 1.80. The third kappa shape index (κ3) is 3.13. The number of hydrogen-bond acceptors (Lipinski definition) is 5. The number of hydrogen-bond donors (Lipinski definition) is 2. The zero-order valence-electron chi connectivity index (χ0n) is 9.86. The van der Waals surface area contributed by atoms with E-state index in [2.05, 4.69) is 15.4 Å². The predicted molar refractivity (Wildman–Crippen MR) is 71.0 cm³/mol. The van der Waals surface area contributed by atoms with E-state index in [-0.39, 0.29) is 5.84 Å². The highest BCUT2D eigenvalue weighted by molar-refractivity contribution is 7.99. The van der Waals surface area contributed by atoms with Gasteiger partial charge in [0.2, 0.25) is 0 Å². The largest absolute Gasteiger partial charge is 0.409 e. The van der Waals surface area contributed by atoms with Gasteiger partial charge in [-0.05, 0) is 25.0 Å². The van der Waals surface area contributed by atoms with Crippen LogP contribution in [0.5, 0.6) is 0 Å². The molecule has 0 radical (unpaired) electrons. The number of pyridine rings is 1. The second kappa shape index (κ2) is 6.25. The van der Waals surface area contributed by atoms with Crippen molar-refractivity contribution in [2.45, 2.75) is 24.4 Å². The molecule has 2 rings (SSSR count). The van der Waals surface area contributed by atoms with E-state index in [1.807, 2.05) is 28.8 Å². The van der Waals surface area contributed by atoms with E-state index in [9.17, 15) is 0 Å². The highest BCUT2D eigenvalue weighted by Gasteiger charge is 2.04. The maximum atomic E-state index is 8.40. The average Bonchev–Trinajstić information content (AvgIpc) is 2.81. The van der Waals surface area contributed by atoms with Gasteiger partial charge in [0.25, 0.3) is 0 Å². The molecule has 0 aliphatic heterocycles. The number of amidine groups is 1. The molecule has 6 nitrogen and oxygen atoms in total. The van der Waals surface area contributed by atoms with Crippen LogP contribution >= 0.6 is 11.8 Å². The van der Waals surface area contributed by atoms with Crippen LogP contribution in [0.1, 0.15) is 19.3 Å².